The lowest BCUT2D eigenvalue weighted by Gasteiger charge is -2.31. The molecule has 0 aliphatic rings. The second-order valence-electron chi connectivity index (χ2n) is 4.65. The summed E-state index contributed by atoms with van der Waals surface area (Å²) in [5, 5.41) is 0. The van der Waals surface area contributed by atoms with Crippen molar-refractivity contribution in [2.45, 2.75) is 39.3 Å². The number of ether oxygens (including phenoxy) is 1. The van der Waals surface area contributed by atoms with Gasteiger partial charge >= 0.3 is 0 Å². The first-order chi connectivity index (χ1) is 6.88. The summed E-state index contributed by atoms with van der Waals surface area (Å²) < 4.78 is 5.41. The predicted octanol–water partition coefficient (Wildman–Crippen LogP) is 2.73. The van der Waals surface area contributed by atoms with Crippen LogP contribution in [0.4, 0.5) is 0 Å². The highest BCUT2D eigenvalue weighted by atomic mass is 16.5. The lowest BCUT2D eigenvalue weighted by molar-refractivity contribution is -0.000192. The minimum Gasteiger partial charge on any atom is -0.377 e. The number of benzene rings is 1. The quantitative estimate of drug-likeness (QED) is 0.827. The molecule has 0 amide bonds. The van der Waals surface area contributed by atoms with Crippen molar-refractivity contribution in [2.75, 3.05) is 7.11 Å². The second kappa shape index (κ2) is 4.33. The predicted molar refractivity (Wildman–Crippen MR) is 63.9 cm³/mol. The lowest BCUT2D eigenvalue weighted by Crippen LogP contribution is -2.37. The Labute approximate surface area is 92.4 Å². The van der Waals surface area contributed by atoms with E-state index in [1.807, 2.05) is 13.8 Å². The molecule has 2 heteroatoms. The zero-order valence-corrected chi connectivity index (χ0v) is 10.3. The standard InChI is InChI=1S/C13H21NO/c1-9-6-7-11(10(2)8-9)12(14)13(3,4)15-5/h6-8,12H,14H2,1-5H3. The van der Waals surface area contributed by atoms with Gasteiger partial charge in [0.05, 0.1) is 11.6 Å². The van der Waals surface area contributed by atoms with E-state index in [1.54, 1.807) is 7.11 Å². The van der Waals surface area contributed by atoms with E-state index in [0.717, 1.165) is 5.56 Å². The molecule has 1 atom stereocenters. The molecule has 0 fully saturated rings. The van der Waals surface area contributed by atoms with E-state index < -0.39 is 0 Å². The molecule has 1 rings (SSSR count). The number of rotatable bonds is 3. The highest BCUT2D eigenvalue weighted by Gasteiger charge is 2.28. The van der Waals surface area contributed by atoms with Gasteiger partial charge in [-0.3, -0.25) is 0 Å². The largest absolute Gasteiger partial charge is 0.377 e. The summed E-state index contributed by atoms with van der Waals surface area (Å²) in [6, 6.07) is 6.24. The highest BCUT2D eigenvalue weighted by Crippen LogP contribution is 2.28. The molecular formula is C13H21NO. The maximum atomic E-state index is 6.21. The highest BCUT2D eigenvalue weighted by molar-refractivity contribution is 5.33. The molecule has 84 valence electrons. The maximum Gasteiger partial charge on any atom is 0.0814 e. The van der Waals surface area contributed by atoms with Crippen LogP contribution >= 0.6 is 0 Å². The van der Waals surface area contributed by atoms with Gasteiger partial charge in [0.1, 0.15) is 0 Å². The summed E-state index contributed by atoms with van der Waals surface area (Å²) in [5.74, 6) is 0. The van der Waals surface area contributed by atoms with Crippen LogP contribution in [0, 0.1) is 13.8 Å². The normalized spacial score (nSPS) is 14.0. The first-order valence-corrected chi connectivity index (χ1v) is 5.26. The molecule has 0 radical (unpaired) electrons. The van der Waals surface area contributed by atoms with Crippen LogP contribution < -0.4 is 5.73 Å². The van der Waals surface area contributed by atoms with Crippen LogP contribution in [0.25, 0.3) is 0 Å². The Morgan fingerprint density at radius 3 is 2.33 bits per heavy atom. The molecule has 2 N–H and O–H groups in total. The van der Waals surface area contributed by atoms with Crippen molar-refractivity contribution in [3.8, 4) is 0 Å². The molecule has 0 aromatic heterocycles. The molecule has 1 aromatic carbocycles. The van der Waals surface area contributed by atoms with Crippen LogP contribution in [0.5, 0.6) is 0 Å². The van der Waals surface area contributed by atoms with E-state index >= 15 is 0 Å². The molecule has 15 heavy (non-hydrogen) atoms. The Bertz CT molecular complexity index is 344. The van der Waals surface area contributed by atoms with E-state index in [0.29, 0.717) is 0 Å². The molecule has 0 heterocycles. The molecule has 2 nitrogen and oxygen atoms in total. The van der Waals surface area contributed by atoms with Gasteiger partial charge in [0.2, 0.25) is 0 Å². The summed E-state index contributed by atoms with van der Waals surface area (Å²) in [6.07, 6.45) is 0. The molecule has 0 aliphatic heterocycles. The summed E-state index contributed by atoms with van der Waals surface area (Å²) in [4.78, 5) is 0. The average Bonchev–Trinajstić information content (AvgIpc) is 2.17. The van der Waals surface area contributed by atoms with Gasteiger partial charge in [-0.25, -0.2) is 0 Å². The van der Waals surface area contributed by atoms with Gasteiger partial charge in [0, 0.05) is 7.11 Å². The van der Waals surface area contributed by atoms with Crippen molar-refractivity contribution < 1.29 is 4.74 Å². The minimum absolute atomic E-state index is 0.0944. The molecule has 0 saturated carbocycles. The topological polar surface area (TPSA) is 35.2 Å². The van der Waals surface area contributed by atoms with E-state index in [1.165, 1.54) is 11.1 Å². The smallest absolute Gasteiger partial charge is 0.0814 e. The van der Waals surface area contributed by atoms with Gasteiger partial charge < -0.3 is 10.5 Å². The van der Waals surface area contributed by atoms with E-state index in [9.17, 15) is 0 Å². The molecule has 1 unspecified atom stereocenters. The molecule has 0 saturated heterocycles. The summed E-state index contributed by atoms with van der Waals surface area (Å²) in [6.45, 7) is 8.20. The van der Waals surface area contributed by atoms with Gasteiger partial charge in [0.15, 0.2) is 0 Å². The van der Waals surface area contributed by atoms with Crippen LogP contribution in [-0.4, -0.2) is 12.7 Å². The Hall–Kier alpha value is -0.860. The van der Waals surface area contributed by atoms with E-state index in [2.05, 4.69) is 32.0 Å². The number of nitrogens with two attached hydrogens (primary N) is 1. The minimum atomic E-state index is -0.333. The molecular weight excluding hydrogens is 186 g/mol. The number of hydrogen-bond donors (Lipinski definition) is 1. The van der Waals surface area contributed by atoms with Crippen LogP contribution in [0.3, 0.4) is 0 Å². The lowest BCUT2D eigenvalue weighted by atomic mass is 9.89. The van der Waals surface area contributed by atoms with Gasteiger partial charge in [-0.2, -0.15) is 0 Å². The number of methoxy groups -OCH3 is 1. The van der Waals surface area contributed by atoms with Gasteiger partial charge in [-0.1, -0.05) is 23.8 Å². The maximum absolute atomic E-state index is 6.21. The van der Waals surface area contributed by atoms with E-state index in [-0.39, 0.29) is 11.6 Å². The van der Waals surface area contributed by atoms with Crippen LogP contribution in [0.2, 0.25) is 0 Å². The fourth-order valence-corrected chi connectivity index (χ4v) is 1.68. The van der Waals surface area contributed by atoms with Crippen LogP contribution in [0.15, 0.2) is 18.2 Å². The van der Waals surface area contributed by atoms with Crippen molar-refractivity contribution in [1.29, 1.82) is 0 Å². The Morgan fingerprint density at radius 1 is 1.27 bits per heavy atom. The van der Waals surface area contributed by atoms with Crippen molar-refractivity contribution in [1.82, 2.24) is 0 Å². The SMILES string of the molecule is COC(C)(C)C(N)c1ccc(C)cc1C. The Kier molecular flexibility index (Phi) is 3.53. The fourth-order valence-electron chi connectivity index (χ4n) is 1.68. The summed E-state index contributed by atoms with van der Waals surface area (Å²) in [7, 11) is 1.70. The van der Waals surface area contributed by atoms with Gasteiger partial charge in [0.25, 0.3) is 0 Å². The first-order valence-electron chi connectivity index (χ1n) is 5.26. The van der Waals surface area contributed by atoms with Crippen molar-refractivity contribution >= 4 is 0 Å². The monoisotopic (exact) mass is 207 g/mol. The fraction of sp³-hybridized carbons (Fsp3) is 0.538. The Balaban J connectivity index is 3.06. The zero-order chi connectivity index (χ0) is 11.6. The number of hydrogen-bond acceptors (Lipinski definition) is 2. The molecule has 0 spiro atoms. The third-order valence-corrected chi connectivity index (χ3v) is 3.04. The van der Waals surface area contributed by atoms with E-state index in [4.69, 9.17) is 10.5 Å². The molecule has 1 aromatic rings. The van der Waals surface area contributed by atoms with Crippen molar-refractivity contribution in [2.24, 2.45) is 5.73 Å². The third kappa shape index (κ3) is 2.58. The Morgan fingerprint density at radius 2 is 1.87 bits per heavy atom. The van der Waals surface area contributed by atoms with Crippen molar-refractivity contribution in [3.05, 3.63) is 34.9 Å². The number of aryl methyl sites for hydroxylation is 2. The van der Waals surface area contributed by atoms with Crippen LogP contribution in [0.1, 0.15) is 36.6 Å². The summed E-state index contributed by atoms with van der Waals surface area (Å²) in [5.41, 5.74) is 9.53. The zero-order valence-electron chi connectivity index (χ0n) is 10.3. The third-order valence-electron chi connectivity index (χ3n) is 3.04. The molecule has 0 bridgehead atoms. The molecule has 0 aliphatic carbocycles. The summed E-state index contributed by atoms with van der Waals surface area (Å²) >= 11 is 0. The first kappa shape index (κ1) is 12.2. The van der Waals surface area contributed by atoms with Crippen LogP contribution in [-0.2, 0) is 4.74 Å². The average molecular weight is 207 g/mol. The van der Waals surface area contributed by atoms with Gasteiger partial charge in [-0.15, -0.1) is 0 Å². The second-order valence-corrected chi connectivity index (χ2v) is 4.65. The van der Waals surface area contributed by atoms with Gasteiger partial charge in [-0.05, 0) is 38.8 Å². The van der Waals surface area contributed by atoms with Crippen molar-refractivity contribution in [3.63, 3.8) is 0 Å².